The highest BCUT2D eigenvalue weighted by molar-refractivity contribution is 7.98. The van der Waals surface area contributed by atoms with E-state index in [1.807, 2.05) is 24.5 Å². The maximum Gasteiger partial charge on any atom is 0.266 e. The van der Waals surface area contributed by atoms with E-state index in [0.717, 1.165) is 4.90 Å². The fourth-order valence-electron chi connectivity index (χ4n) is 2.33. The summed E-state index contributed by atoms with van der Waals surface area (Å²) in [6, 6.07) is 12.2. The van der Waals surface area contributed by atoms with Gasteiger partial charge in [-0.05, 0) is 30.5 Å². The monoisotopic (exact) mass is 355 g/mol. The van der Waals surface area contributed by atoms with E-state index in [0.29, 0.717) is 17.9 Å². The van der Waals surface area contributed by atoms with Crippen LogP contribution in [0.25, 0.3) is 5.82 Å². The topological polar surface area (TPSA) is 81.8 Å². The van der Waals surface area contributed by atoms with Crippen LogP contribution >= 0.6 is 11.8 Å². The molecule has 25 heavy (non-hydrogen) atoms. The van der Waals surface area contributed by atoms with Crippen LogP contribution in [0.15, 0.2) is 64.5 Å². The number of benzene rings is 1. The van der Waals surface area contributed by atoms with E-state index in [4.69, 9.17) is 0 Å². The Balaban J connectivity index is 1.67. The molecule has 3 aromatic rings. The molecule has 0 aliphatic carbocycles. The van der Waals surface area contributed by atoms with Gasteiger partial charge >= 0.3 is 0 Å². The molecule has 1 N–H and O–H groups in total. The van der Waals surface area contributed by atoms with Crippen molar-refractivity contribution in [3.63, 3.8) is 0 Å². The molecule has 7 nitrogen and oxygen atoms in total. The third-order valence-corrected chi connectivity index (χ3v) is 4.35. The van der Waals surface area contributed by atoms with Crippen LogP contribution in [0.4, 0.5) is 0 Å². The van der Waals surface area contributed by atoms with Crippen LogP contribution in [0, 0.1) is 0 Å². The van der Waals surface area contributed by atoms with Crippen LogP contribution in [0.3, 0.4) is 0 Å². The lowest BCUT2D eigenvalue weighted by atomic mass is 10.2. The smallest absolute Gasteiger partial charge is 0.266 e. The van der Waals surface area contributed by atoms with Gasteiger partial charge in [-0.1, -0.05) is 12.1 Å². The molecule has 1 amide bonds. The predicted molar refractivity (Wildman–Crippen MR) is 96.2 cm³/mol. The molecule has 0 spiro atoms. The molecule has 0 radical (unpaired) electrons. The van der Waals surface area contributed by atoms with Crippen molar-refractivity contribution in [2.24, 2.45) is 0 Å². The Kier molecular flexibility index (Phi) is 5.30. The van der Waals surface area contributed by atoms with Crippen molar-refractivity contribution < 1.29 is 4.79 Å². The highest BCUT2D eigenvalue weighted by atomic mass is 32.2. The van der Waals surface area contributed by atoms with E-state index in [1.165, 1.54) is 22.5 Å². The van der Waals surface area contributed by atoms with Gasteiger partial charge in [0, 0.05) is 29.9 Å². The molecule has 2 heterocycles. The largest absolute Gasteiger partial charge is 0.350 e. The van der Waals surface area contributed by atoms with Crippen molar-refractivity contribution in [1.82, 2.24) is 24.9 Å². The van der Waals surface area contributed by atoms with E-state index in [2.05, 4.69) is 15.5 Å². The maximum absolute atomic E-state index is 12.3. The highest BCUT2D eigenvalue weighted by Crippen LogP contribution is 2.19. The van der Waals surface area contributed by atoms with Crippen molar-refractivity contribution in [2.45, 2.75) is 11.4 Å². The van der Waals surface area contributed by atoms with Crippen molar-refractivity contribution in [3.8, 4) is 5.82 Å². The summed E-state index contributed by atoms with van der Waals surface area (Å²) >= 11 is 1.52. The standard InChI is InChI=1S/C17H17N5O2S/c1-25-14-6-3-2-5-13(14)17(24)18-10-12-22-16(23)8-7-15(20-22)21-11-4-9-19-21/h2-9,11H,10,12H2,1H3,(H,18,24). The Morgan fingerprint density at radius 2 is 2.04 bits per heavy atom. The molecule has 3 rings (SSSR count). The summed E-state index contributed by atoms with van der Waals surface area (Å²) in [4.78, 5) is 25.2. The minimum Gasteiger partial charge on any atom is -0.350 e. The Labute approximate surface area is 148 Å². The van der Waals surface area contributed by atoms with Gasteiger partial charge in [-0.15, -0.1) is 16.9 Å². The summed E-state index contributed by atoms with van der Waals surface area (Å²) in [7, 11) is 0. The number of rotatable bonds is 6. The SMILES string of the molecule is CSc1ccccc1C(=O)NCCn1nc(-n2cccn2)ccc1=O. The average Bonchev–Trinajstić information content (AvgIpc) is 3.17. The normalized spacial score (nSPS) is 10.6. The first-order valence-electron chi connectivity index (χ1n) is 7.68. The summed E-state index contributed by atoms with van der Waals surface area (Å²) in [6.07, 6.45) is 5.31. The zero-order valence-corrected chi connectivity index (χ0v) is 14.4. The summed E-state index contributed by atoms with van der Waals surface area (Å²) in [5.41, 5.74) is 0.398. The van der Waals surface area contributed by atoms with Gasteiger partial charge in [0.1, 0.15) is 0 Å². The number of hydrogen-bond donors (Lipinski definition) is 1. The Morgan fingerprint density at radius 3 is 2.80 bits per heavy atom. The first-order chi connectivity index (χ1) is 12.2. The molecule has 0 atom stereocenters. The van der Waals surface area contributed by atoms with Gasteiger partial charge in [0.25, 0.3) is 11.5 Å². The number of hydrogen-bond acceptors (Lipinski definition) is 5. The summed E-state index contributed by atoms with van der Waals surface area (Å²) in [5.74, 6) is 0.380. The first kappa shape index (κ1) is 17.0. The zero-order valence-electron chi connectivity index (χ0n) is 13.6. The molecule has 128 valence electrons. The molecule has 0 bridgehead atoms. The number of carbonyl (C=O) groups excluding carboxylic acids is 1. The van der Waals surface area contributed by atoms with Crippen LogP contribution in [0.5, 0.6) is 0 Å². The van der Waals surface area contributed by atoms with E-state index >= 15 is 0 Å². The maximum atomic E-state index is 12.3. The van der Waals surface area contributed by atoms with Crippen LogP contribution in [-0.4, -0.2) is 38.3 Å². The molecule has 0 saturated carbocycles. The third-order valence-electron chi connectivity index (χ3n) is 3.55. The van der Waals surface area contributed by atoms with Gasteiger partial charge in [-0.3, -0.25) is 9.59 Å². The summed E-state index contributed by atoms with van der Waals surface area (Å²) < 4.78 is 2.89. The minimum absolute atomic E-state index is 0.166. The van der Waals surface area contributed by atoms with E-state index in [-0.39, 0.29) is 18.0 Å². The lowest BCUT2D eigenvalue weighted by Gasteiger charge is -2.10. The van der Waals surface area contributed by atoms with Gasteiger partial charge in [0.2, 0.25) is 0 Å². The fraction of sp³-hybridized carbons (Fsp3) is 0.176. The number of carbonyl (C=O) groups is 1. The van der Waals surface area contributed by atoms with Crippen molar-refractivity contribution in [1.29, 1.82) is 0 Å². The van der Waals surface area contributed by atoms with Gasteiger partial charge in [-0.25, -0.2) is 9.36 Å². The number of amides is 1. The zero-order chi connectivity index (χ0) is 17.6. The third kappa shape index (κ3) is 3.97. The van der Waals surface area contributed by atoms with Crippen LogP contribution in [-0.2, 0) is 6.54 Å². The molecule has 0 unspecified atom stereocenters. The Morgan fingerprint density at radius 1 is 1.20 bits per heavy atom. The second-order valence-corrected chi connectivity index (χ2v) is 6.01. The molecule has 0 aliphatic rings. The van der Waals surface area contributed by atoms with E-state index < -0.39 is 0 Å². The average molecular weight is 355 g/mol. The van der Waals surface area contributed by atoms with Gasteiger partial charge < -0.3 is 5.32 Å². The quantitative estimate of drug-likeness (QED) is 0.679. The van der Waals surface area contributed by atoms with Crippen LogP contribution in [0.1, 0.15) is 10.4 Å². The molecule has 1 aromatic carbocycles. The minimum atomic E-state index is -0.227. The lowest BCUT2D eigenvalue weighted by Crippen LogP contribution is -2.32. The Hall–Kier alpha value is -2.87. The van der Waals surface area contributed by atoms with E-state index in [9.17, 15) is 9.59 Å². The van der Waals surface area contributed by atoms with Gasteiger partial charge in [0.15, 0.2) is 5.82 Å². The van der Waals surface area contributed by atoms with Crippen molar-refractivity contribution in [2.75, 3.05) is 12.8 Å². The summed E-state index contributed by atoms with van der Waals surface area (Å²) in [5, 5.41) is 11.2. The molecule has 8 heteroatoms. The number of aromatic nitrogens is 4. The van der Waals surface area contributed by atoms with Crippen LogP contribution < -0.4 is 10.9 Å². The van der Waals surface area contributed by atoms with Crippen molar-refractivity contribution >= 4 is 17.7 Å². The second-order valence-electron chi connectivity index (χ2n) is 5.16. The van der Waals surface area contributed by atoms with Gasteiger partial charge in [0.05, 0.1) is 12.1 Å². The molecule has 0 fully saturated rings. The van der Waals surface area contributed by atoms with Crippen LogP contribution in [0.2, 0.25) is 0 Å². The van der Waals surface area contributed by atoms with Crippen molar-refractivity contribution in [3.05, 3.63) is 70.8 Å². The Bertz CT molecular complexity index is 921. The number of nitrogens with one attached hydrogen (secondary N) is 1. The molecule has 0 saturated heterocycles. The van der Waals surface area contributed by atoms with E-state index in [1.54, 1.807) is 35.3 Å². The lowest BCUT2D eigenvalue weighted by molar-refractivity contribution is 0.0949. The first-order valence-corrected chi connectivity index (χ1v) is 8.91. The predicted octanol–water partition coefficient (Wildman–Crippen LogP) is 1.58. The molecular weight excluding hydrogens is 338 g/mol. The number of thioether (sulfide) groups is 1. The molecule has 2 aromatic heterocycles. The highest BCUT2D eigenvalue weighted by Gasteiger charge is 2.10. The number of nitrogens with zero attached hydrogens (tertiary/aromatic N) is 4. The fourth-order valence-corrected chi connectivity index (χ4v) is 2.92. The second kappa shape index (κ2) is 7.80. The molecular formula is C17H17N5O2S. The van der Waals surface area contributed by atoms with Gasteiger partial charge in [-0.2, -0.15) is 5.10 Å². The molecule has 0 aliphatic heterocycles. The summed E-state index contributed by atoms with van der Waals surface area (Å²) in [6.45, 7) is 0.581.